The highest BCUT2D eigenvalue weighted by atomic mass is 79.9. The number of rotatable bonds is 5. The first kappa shape index (κ1) is 25.0. The van der Waals surface area contributed by atoms with Gasteiger partial charge in [0.25, 0.3) is 5.91 Å². The molecule has 1 heterocycles. The van der Waals surface area contributed by atoms with Gasteiger partial charge in [-0.05, 0) is 100 Å². The van der Waals surface area contributed by atoms with Crippen LogP contribution in [0.4, 0.5) is 10.7 Å². The molecule has 0 saturated heterocycles. The second-order valence-electron chi connectivity index (χ2n) is 9.60. The van der Waals surface area contributed by atoms with Crippen LogP contribution in [0.25, 0.3) is 0 Å². The highest BCUT2D eigenvalue weighted by molar-refractivity contribution is 9.10. The molecule has 4 nitrogen and oxygen atoms in total. The third-order valence-electron chi connectivity index (χ3n) is 6.31. The van der Waals surface area contributed by atoms with Crippen LogP contribution in [-0.2, 0) is 12.8 Å². The molecule has 0 spiro atoms. The fraction of sp³-hybridized carbons (Fsp3) is 0.333. The van der Waals surface area contributed by atoms with Crippen molar-refractivity contribution < 1.29 is 9.53 Å². The molecule has 0 aliphatic heterocycles. The van der Waals surface area contributed by atoms with Gasteiger partial charge in [-0.1, -0.05) is 32.4 Å². The summed E-state index contributed by atoms with van der Waals surface area (Å²) in [5.41, 5.74) is 3.69. The van der Waals surface area contributed by atoms with Crippen LogP contribution in [0.1, 0.15) is 53.6 Å². The number of nitrogens with zero attached hydrogens (tertiary/aromatic N) is 1. The van der Waals surface area contributed by atoms with Crippen molar-refractivity contribution in [2.45, 2.75) is 40.0 Å². The number of amides is 1. The van der Waals surface area contributed by atoms with Crippen molar-refractivity contribution in [1.29, 1.82) is 0 Å². The minimum absolute atomic E-state index is 0.128. The summed E-state index contributed by atoms with van der Waals surface area (Å²) in [5.74, 6) is 1.22. The summed E-state index contributed by atoms with van der Waals surface area (Å²) in [4.78, 5) is 19.5. The van der Waals surface area contributed by atoms with Crippen LogP contribution in [0.15, 0.2) is 51.9 Å². The zero-order valence-corrected chi connectivity index (χ0v) is 22.9. The van der Waals surface area contributed by atoms with E-state index in [-0.39, 0.29) is 11.3 Å². The predicted octanol–water partition coefficient (Wildman–Crippen LogP) is 8.33. The summed E-state index contributed by atoms with van der Waals surface area (Å²) in [6, 6.07) is 13.0. The molecule has 34 heavy (non-hydrogen) atoms. The van der Waals surface area contributed by atoms with E-state index < -0.39 is 0 Å². The Bertz CT molecular complexity index is 1230. The summed E-state index contributed by atoms with van der Waals surface area (Å²) < 4.78 is 6.18. The van der Waals surface area contributed by atoms with Crippen LogP contribution in [-0.4, -0.2) is 19.2 Å². The molecule has 178 valence electrons. The lowest BCUT2D eigenvalue weighted by Crippen LogP contribution is -2.27. The van der Waals surface area contributed by atoms with Crippen molar-refractivity contribution in [3.05, 3.63) is 73.5 Å². The maximum absolute atomic E-state index is 13.4. The molecule has 1 aliphatic rings. The molecular weight excluding hydrogens is 532 g/mol. The van der Waals surface area contributed by atoms with Crippen molar-refractivity contribution in [3.8, 4) is 5.75 Å². The number of ether oxygens (including phenoxy) is 1. The second kappa shape index (κ2) is 10.2. The van der Waals surface area contributed by atoms with Crippen molar-refractivity contribution >= 4 is 61.7 Å². The molecular formula is C27H28BrClN2O2S. The number of benzene rings is 2. The standard InChI is InChI=1S/C27H28BrClN2O2S/c1-27(2,3)17-6-11-20-23(14-17)34-26(30-15-16-5-12-22(33-4)21(28)13-16)24(20)25(32)31-19-9-7-18(29)8-10-19/h5,7-10,12-13,15,17H,6,11,14H2,1-4H3,(H,31,32)/t17-/m0/s1. The third kappa shape index (κ3) is 5.56. The van der Waals surface area contributed by atoms with Gasteiger partial charge in [0.05, 0.1) is 17.1 Å². The van der Waals surface area contributed by atoms with Crippen LogP contribution < -0.4 is 10.1 Å². The monoisotopic (exact) mass is 558 g/mol. The van der Waals surface area contributed by atoms with Crippen LogP contribution >= 0.6 is 38.9 Å². The van der Waals surface area contributed by atoms with Gasteiger partial charge in [0, 0.05) is 21.8 Å². The molecule has 0 bridgehead atoms. The second-order valence-corrected chi connectivity index (χ2v) is 12.0. The molecule has 0 unspecified atom stereocenters. The number of anilines is 1. The number of carbonyl (C=O) groups excluding carboxylic acids is 1. The van der Waals surface area contributed by atoms with Crippen molar-refractivity contribution in [1.82, 2.24) is 0 Å². The maximum atomic E-state index is 13.4. The van der Waals surface area contributed by atoms with Crippen molar-refractivity contribution in [2.24, 2.45) is 16.3 Å². The first-order chi connectivity index (χ1) is 16.2. The Morgan fingerprint density at radius 1 is 1.24 bits per heavy atom. The minimum Gasteiger partial charge on any atom is -0.496 e. The number of halogens is 2. The quantitative estimate of drug-likeness (QED) is 0.320. The molecule has 1 aliphatic carbocycles. The highest BCUT2D eigenvalue weighted by Crippen LogP contribution is 2.45. The number of hydrogen-bond donors (Lipinski definition) is 1. The molecule has 7 heteroatoms. The number of thiophene rings is 1. The number of methoxy groups -OCH3 is 1. The Kier molecular flexibility index (Phi) is 7.51. The minimum atomic E-state index is -0.128. The topological polar surface area (TPSA) is 50.7 Å². The van der Waals surface area contributed by atoms with E-state index in [1.54, 1.807) is 30.6 Å². The normalized spacial score (nSPS) is 15.9. The lowest BCUT2D eigenvalue weighted by molar-refractivity contribution is 0.102. The lowest BCUT2D eigenvalue weighted by atomic mass is 9.72. The van der Waals surface area contributed by atoms with Crippen molar-refractivity contribution in [2.75, 3.05) is 12.4 Å². The van der Waals surface area contributed by atoms with Crippen molar-refractivity contribution in [3.63, 3.8) is 0 Å². The van der Waals surface area contributed by atoms with Gasteiger partial charge in [-0.2, -0.15) is 0 Å². The smallest absolute Gasteiger partial charge is 0.259 e. The van der Waals surface area contributed by atoms with E-state index in [2.05, 4.69) is 42.0 Å². The van der Waals surface area contributed by atoms with E-state index in [1.807, 2.05) is 36.5 Å². The van der Waals surface area contributed by atoms with Crippen LogP contribution in [0.3, 0.4) is 0 Å². The first-order valence-corrected chi connectivity index (χ1v) is 13.2. The molecule has 1 amide bonds. The maximum Gasteiger partial charge on any atom is 0.259 e. The summed E-state index contributed by atoms with van der Waals surface area (Å²) in [6.45, 7) is 6.89. The SMILES string of the molecule is COc1ccc(C=Nc2sc3c(c2C(=O)Nc2ccc(Cl)cc2)CC[C@H](C(C)(C)C)C3)cc1Br. The Labute approximate surface area is 218 Å². The summed E-state index contributed by atoms with van der Waals surface area (Å²) in [7, 11) is 1.64. The zero-order chi connectivity index (χ0) is 24.5. The van der Waals surface area contributed by atoms with E-state index in [9.17, 15) is 4.79 Å². The Morgan fingerprint density at radius 3 is 2.62 bits per heavy atom. The van der Waals surface area contributed by atoms with E-state index in [1.165, 1.54) is 4.88 Å². The molecule has 0 saturated carbocycles. The van der Waals surface area contributed by atoms with Crippen LogP contribution in [0, 0.1) is 11.3 Å². The van der Waals surface area contributed by atoms with Gasteiger partial charge in [-0.15, -0.1) is 11.3 Å². The summed E-state index contributed by atoms with van der Waals surface area (Å²) in [5, 5.41) is 4.42. The molecule has 0 radical (unpaired) electrons. The van der Waals surface area contributed by atoms with E-state index >= 15 is 0 Å². The average molecular weight is 560 g/mol. The fourth-order valence-corrected chi connectivity index (χ4v) is 6.21. The van der Waals surface area contributed by atoms with Gasteiger partial charge in [0.2, 0.25) is 0 Å². The molecule has 4 rings (SSSR count). The number of hydrogen-bond acceptors (Lipinski definition) is 4. The van der Waals surface area contributed by atoms with Crippen LogP contribution in [0.2, 0.25) is 5.02 Å². The number of aliphatic imine (C=N–C) groups is 1. The molecule has 2 aromatic carbocycles. The summed E-state index contributed by atoms with van der Waals surface area (Å²) in [6.07, 6.45) is 4.75. The molecule has 0 fully saturated rings. The average Bonchev–Trinajstić information content (AvgIpc) is 3.16. The van der Waals surface area contributed by atoms with E-state index in [4.69, 9.17) is 21.3 Å². The predicted molar refractivity (Wildman–Crippen MR) is 147 cm³/mol. The van der Waals surface area contributed by atoms with Gasteiger partial charge in [0.15, 0.2) is 0 Å². The Morgan fingerprint density at radius 2 is 1.97 bits per heavy atom. The van der Waals surface area contributed by atoms with Gasteiger partial charge < -0.3 is 10.1 Å². The third-order valence-corrected chi connectivity index (χ3v) is 8.34. The molecule has 1 N–H and O–H groups in total. The van der Waals surface area contributed by atoms with Crippen LogP contribution in [0.5, 0.6) is 5.75 Å². The fourth-order valence-electron chi connectivity index (χ4n) is 4.26. The number of carbonyl (C=O) groups is 1. The van der Waals surface area contributed by atoms with E-state index in [0.29, 0.717) is 22.2 Å². The Balaban J connectivity index is 1.69. The lowest BCUT2D eigenvalue weighted by Gasteiger charge is -2.33. The molecule has 3 aromatic rings. The van der Waals surface area contributed by atoms with Gasteiger partial charge in [0.1, 0.15) is 10.8 Å². The number of fused-ring (bicyclic) bond motifs is 1. The van der Waals surface area contributed by atoms with Gasteiger partial charge in [-0.3, -0.25) is 4.79 Å². The molecule has 1 aromatic heterocycles. The zero-order valence-electron chi connectivity index (χ0n) is 19.7. The molecule has 1 atom stereocenters. The van der Waals surface area contributed by atoms with E-state index in [0.717, 1.165) is 45.6 Å². The summed E-state index contributed by atoms with van der Waals surface area (Å²) >= 11 is 11.2. The Hall–Kier alpha value is -2.15. The van der Waals surface area contributed by atoms with Gasteiger partial charge >= 0.3 is 0 Å². The first-order valence-electron chi connectivity index (χ1n) is 11.2. The largest absolute Gasteiger partial charge is 0.496 e. The van der Waals surface area contributed by atoms with Gasteiger partial charge in [-0.25, -0.2) is 4.99 Å². The number of nitrogens with one attached hydrogen (secondary N) is 1. The highest BCUT2D eigenvalue weighted by Gasteiger charge is 2.33.